The quantitative estimate of drug-likeness (QED) is 0.553. The topological polar surface area (TPSA) is 58.9 Å². The normalized spacial score (nSPS) is 10.9. The molecule has 20 heavy (non-hydrogen) atoms. The summed E-state index contributed by atoms with van der Waals surface area (Å²) in [6, 6.07) is 13.4. The second kappa shape index (κ2) is 4.49. The van der Waals surface area contributed by atoms with E-state index in [0.717, 1.165) is 27.7 Å². The summed E-state index contributed by atoms with van der Waals surface area (Å²) in [7, 11) is 0. The molecule has 3 rings (SSSR count). The number of nitrogens with one attached hydrogen (secondary N) is 1. The van der Waals surface area contributed by atoms with Gasteiger partial charge >= 0.3 is 0 Å². The smallest absolute Gasteiger partial charge is 0.272 e. The standard InChI is InChI=1S/C16H14N2O2/c1-10-7-8-12(9-15(10)18(19)20)16-11(2)13-5-3-4-6-14(13)17-16/h3-9,17H,1-2H3. The third kappa shape index (κ3) is 1.86. The van der Waals surface area contributed by atoms with Crippen molar-refractivity contribution >= 4 is 16.6 Å². The SMILES string of the molecule is Cc1ccc(-c2[nH]c3ccccc3c2C)cc1[N+](=O)[O-]. The van der Waals surface area contributed by atoms with Crippen molar-refractivity contribution in [3.63, 3.8) is 0 Å². The predicted octanol–water partition coefficient (Wildman–Crippen LogP) is 4.36. The average molecular weight is 266 g/mol. The zero-order valence-corrected chi connectivity index (χ0v) is 11.3. The molecule has 0 fully saturated rings. The maximum absolute atomic E-state index is 11.1. The minimum Gasteiger partial charge on any atom is -0.354 e. The van der Waals surface area contributed by atoms with Crippen molar-refractivity contribution in [3.05, 3.63) is 63.7 Å². The molecule has 100 valence electrons. The number of hydrogen-bond donors (Lipinski definition) is 1. The summed E-state index contributed by atoms with van der Waals surface area (Å²) >= 11 is 0. The second-order valence-corrected chi connectivity index (χ2v) is 4.93. The van der Waals surface area contributed by atoms with Gasteiger partial charge in [-0.3, -0.25) is 10.1 Å². The van der Waals surface area contributed by atoms with E-state index in [1.807, 2.05) is 37.3 Å². The summed E-state index contributed by atoms with van der Waals surface area (Å²) in [5, 5.41) is 12.2. The lowest BCUT2D eigenvalue weighted by molar-refractivity contribution is -0.385. The van der Waals surface area contributed by atoms with E-state index in [1.165, 1.54) is 0 Å². The molecule has 0 spiro atoms. The van der Waals surface area contributed by atoms with Crippen LogP contribution in [0.4, 0.5) is 5.69 Å². The highest BCUT2D eigenvalue weighted by molar-refractivity contribution is 5.90. The number of aryl methyl sites for hydroxylation is 2. The van der Waals surface area contributed by atoms with Gasteiger partial charge in [0.15, 0.2) is 0 Å². The molecule has 0 saturated heterocycles. The van der Waals surface area contributed by atoms with Gasteiger partial charge in [0.2, 0.25) is 0 Å². The van der Waals surface area contributed by atoms with Gasteiger partial charge in [0.25, 0.3) is 5.69 Å². The number of H-pyrrole nitrogens is 1. The first-order chi connectivity index (χ1) is 9.58. The van der Waals surface area contributed by atoms with E-state index in [-0.39, 0.29) is 10.6 Å². The van der Waals surface area contributed by atoms with E-state index >= 15 is 0 Å². The molecular formula is C16H14N2O2. The maximum Gasteiger partial charge on any atom is 0.272 e. The van der Waals surface area contributed by atoms with Gasteiger partial charge in [-0.15, -0.1) is 0 Å². The van der Waals surface area contributed by atoms with Crippen LogP contribution < -0.4 is 0 Å². The highest BCUT2D eigenvalue weighted by atomic mass is 16.6. The number of aromatic amines is 1. The average Bonchev–Trinajstić information content (AvgIpc) is 2.77. The second-order valence-electron chi connectivity index (χ2n) is 4.93. The number of aromatic nitrogens is 1. The highest BCUT2D eigenvalue weighted by Gasteiger charge is 2.15. The lowest BCUT2D eigenvalue weighted by Crippen LogP contribution is -1.92. The van der Waals surface area contributed by atoms with Gasteiger partial charge in [0.05, 0.1) is 4.92 Å². The van der Waals surface area contributed by atoms with E-state index in [2.05, 4.69) is 4.98 Å². The van der Waals surface area contributed by atoms with E-state index in [4.69, 9.17) is 0 Å². The molecule has 0 aliphatic carbocycles. The van der Waals surface area contributed by atoms with Gasteiger partial charge in [-0.05, 0) is 25.5 Å². The largest absolute Gasteiger partial charge is 0.354 e. The van der Waals surface area contributed by atoms with Crippen molar-refractivity contribution < 1.29 is 4.92 Å². The van der Waals surface area contributed by atoms with Crippen molar-refractivity contribution in [2.45, 2.75) is 13.8 Å². The molecule has 1 heterocycles. The number of hydrogen-bond acceptors (Lipinski definition) is 2. The fraction of sp³-hybridized carbons (Fsp3) is 0.125. The molecule has 0 saturated carbocycles. The van der Waals surface area contributed by atoms with E-state index in [1.54, 1.807) is 19.1 Å². The Hall–Kier alpha value is -2.62. The zero-order valence-electron chi connectivity index (χ0n) is 11.3. The molecule has 0 aliphatic rings. The molecule has 1 aromatic heterocycles. The van der Waals surface area contributed by atoms with Crippen LogP contribution in [0.2, 0.25) is 0 Å². The first-order valence-corrected chi connectivity index (χ1v) is 6.40. The number of rotatable bonds is 2. The Kier molecular flexibility index (Phi) is 2.79. The van der Waals surface area contributed by atoms with Crippen LogP contribution in [0.3, 0.4) is 0 Å². The summed E-state index contributed by atoms with van der Waals surface area (Å²) in [5.41, 5.74) is 4.76. The lowest BCUT2D eigenvalue weighted by Gasteiger charge is -2.03. The molecule has 3 aromatic rings. The third-order valence-electron chi connectivity index (χ3n) is 3.66. The predicted molar refractivity (Wildman–Crippen MR) is 79.9 cm³/mol. The van der Waals surface area contributed by atoms with Gasteiger partial charge in [0, 0.05) is 33.8 Å². The van der Waals surface area contributed by atoms with Crippen LogP contribution in [-0.4, -0.2) is 9.91 Å². The monoisotopic (exact) mass is 266 g/mol. The number of nitro groups is 1. The van der Waals surface area contributed by atoms with Gasteiger partial charge in [-0.2, -0.15) is 0 Å². The van der Waals surface area contributed by atoms with Crippen LogP contribution in [-0.2, 0) is 0 Å². The van der Waals surface area contributed by atoms with Gasteiger partial charge in [-0.25, -0.2) is 0 Å². The molecule has 0 radical (unpaired) electrons. The van der Waals surface area contributed by atoms with Crippen LogP contribution in [0, 0.1) is 24.0 Å². The van der Waals surface area contributed by atoms with Crippen molar-refractivity contribution in [1.82, 2.24) is 4.98 Å². The Morgan fingerprint density at radius 3 is 2.55 bits per heavy atom. The first kappa shape index (κ1) is 12.4. The third-order valence-corrected chi connectivity index (χ3v) is 3.66. The summed E-state index contributed by atoms with van der Waals surface area (Å²) < 4.78 is 0. The van der Waals surface area contributed by atoms with Crippen LogP contribution >= 0.6 is 0 Å². The number of nitro benzene ring substituents is 1. The molecule has 2 aromatic carbocycles. The highest BCUT2D eigenvalue weighted by Crippen LogP contribution is 2.32. The number of benzene rings is 2. The Morgan fingerprint density at radius 1 is 1.10 bits per heavy atom. The van der Waals surface area contributed by atoms with Crippen LogP contribution in [0.5, 0.6) is 0 Å². The fourth-order valence-electron chi connectivity index (χ4n) is 2.53. The Labute approximate surface area is 116 Å². The van der Waals surface area contributed by atoms with E-state index in [9.17, 15) is 10.1 Å². The molecule has 1 N–H and O–H groups in total. The lowest BCUT2D eigenvalue weighted by atomic mass is 10.0. The molecule has 4 heteroatoms. The number of para-hydroxylation sites is 1. The maximum atomic E-state index is 11.1. The molecule has 4 nitrogen and oxygen atoms in total. The zero-order chi connectivity index (χ0) is 14.3. The first-order valence-electron chi connectivity index (χ1n) is 6.40. The van der Waals surface area contributed by atoms with Gasteiger partial charge in [-0.1, -0.05) is 30.3 Å². The van der Waals surface area contributed by atoms with Crippen LogP contribution in [0.15, 0.2) is 42.5 Å². The molecular weight excluding hydrogens is 252 g/mol. The molecule has 0 aliphatic heterocycles. The Bertz CT molecular complexity index is 818. The van der Waals surface area contributed by atoms with E-state index < -0.39 is 0 Å². The Morgan fingerprint density at radius 2 is 1.85 bits per heavy atom. The summed E-state index contributed by atoms with van der Waals surface area (Å²) in [6.45, 7) is 3.78. The summed E-state index contributed by atoms with van der Waals surface area (Å²) in [6.07, 6.45) is 0. The minimum absolute atomic E-state index is 0.153. The van der Waals surface area contributed by atoms with Crippen molar-refractivity contribution in [2.24, 2.45) is 0 Å². The molecule has 0 unspecified atom stereocenters. The van der Waals surface area contributed by atoms with Crippen LogP contribution in [0.25, 0.3) is 22.2 Å². The van der Waals surface area contributed by atoms with Gasteiger partial charge < -0.3 is 4.98 Å². The molecule has 0 bridgehead atoms. The number of fused-ring (bicyclic) bond motifs is 1. The Balaban J connectivity index is 2.23. The minimum atomic E-state index is -0.336. The van der Waals surface area contributed by atoms with Crippen molar-refractivity contribution in [1.29, 1.82) is 0 Å². The molecule has 0 atom stereocenters. The van der Waals surface area contributed by atoms with Gasteiger partial charge in [0.1, 0.15) is 0 Å². The number of nitrogens with zero attached hydrogens (tertiary/aromatic N) is 1. The van der Waals surface area contributed by atoms with Crippen molar-refractivity contribution in [2.75, 3.05) is 0 Å². The fourth-order valence-corrected chi connectivity index (χ4v) is 2.53. The van der Waals surface area contributed by atoms with Crippen LogP contribution in [0.1, 0.15) is 11.1 Å². The summed E-state index contributed by atoms with van der Waals surface area (Å²) in [4.78, 5) is 14.1. The van der Waals surface area contributed by atoms with E-state index in [0.29, 0.717) is 5.56 Å². The molecule has 0 amide bonds. The summed E-state index contributed by atoms with van der Waals surface area (Å²) in [5.74, 6) is 0. The van der Waals surface area contributed by atoms with Crippen molar-refractivity contribution in [3.8, 4) is 11.3 Å².